The van der Waals surface area contributed by atoms with Gasteiger partial charge in [0.05, 0.1) is 9.29 Å². The maximum absolute atomic E-state index is 5.84. The SMILES string of the molecule is ClCCC1SCC(Cl)S1.NCc1c[nH]c2ncccc12. The van der Waals surface area contributed by atoms with Gasteiger partial charge in [0.1, 0.15) is 5.65 Å². The summed E-state index contributed by atoms with van der Waals surface area (Å²) in [5.41, 5.74) is 7.54. The van der Waals surface area contributed by atoms with E-state index in [1.54, 1.807) is 6.20 Å². The van der Waals surface area contributed by atoms with Gasteiger partial charge in [-0.25, -0.2) is 4.98 Å². The molecule has 1 aliphatic heterocycles. The van der Waals surface area contributed by atoms with Crippen molar-refractivity contribution in [2.24, 2.45) is 5.73 Å². The molecule has 0 radical (unpaired) electrons. The molecule has 1 saturated heterocycles. The van der Waals surface area contributed by atoms with E-state index < -0.39 is 0 Å². The number of rotatable bonds is 3. The standard InChI is InChI=1S/C8H9N3.C5H8Cl2S2/c9-4-6-5-11-8-7(6)2-1-3-10-8;6-2-1-5-8-3-4(7)9-5/h1-3,5H,4,9H2,(H,10,11);4-5H,1-3H2. The van der Waals surface area contributed by atoms with Crippen LogP contribution >= 0.6 is 46.7 Å². The molecule has 2 atom stereocenters. The number of thioether (sulfide) groups is 2. The molecule has 1 aliphatic rings. The van der Waals surface area contributed by atoms with Gasteiger partial charge in [0, 0.05) is 36.0 Å². The molecule has 20 heavy (non-hydrogen) atoms. The Balaban J connectivity index is 0.000000151. The molecule has 3 N–H and O–H groups in total. The van der Waals surface area contributed by atoms with Crippen molar-refractivity contribution < 1.29 is 0 Å². The topological polar surface area (TPSA) is 54.7 Å². The minimum absolute atomic E-state index is 0.322. The number of hydrogen-bond donors (Lipinski definition) is 2. The first-order chi connectivity index (χ1) is 9.74. The molecule has 1 fully saturated rings. The summed E-state index contributed by atoms with van der Waals surface area (Å²) < 4.78 is 0.980. The predicted molar refractivity (Wildman–Crippen MR) is 92.8 cm³/mol. The molecule has 0 aromatic carbocycles. The van der Waals surface area contributed by atoms with Gasteiger partial charge in [-0.1, -0.05) is 0 Å². The minimum atomic E-state index is 0.322. The van der Waals surface area contributed by atoms with Gasteiger partial charge in [-0.3, -0.25) is 0 Å². The lowest BCUT2D eigenvalue weighted by Crippen LogP contribution is -1.93. The smallest absolute Gasteiger partial charge is 0.137 e. The van der Waals surface area contributed by atoms with E-state index in [0.29, 0.717) is 15.8 Å². The number of fused-ring (bicyclic) bond motifs is 1. The second kappa shape index (κ2) is 8.39. The van der Waals surface area contributed by atoms with E-state index in [0.717, 1.165) is 34.7 Å². The number of H-pyrrole nitrogens is 1. The minimum Gasteiger partial charge on any atom is -0.346 e. The van der Waals surface area contributed by atoms with Crippen LogP contribution in [0.2, 0.25) is 0 Å². The number of alkyl halides is 2. The highest BCUT2D eigenvalue weighted by molar-refractivity contribution is 8.21. The van der Waals surface area contributed by atoms with Crippen LogP contribution in [-0.4, -0.2) is 30.9 Å². The highest BCUT2D eigenvalue weighted by Crippen LogP contribution is 2.41. The molecule has 0 aliphatic carbocycles. The summed E-state index contributed by atoms with van der Waals surface area (Å²) in [5, 5.41) is 1.12. The Hall–Kier alpha value is -0.0700. The first kappa shape index (κ1) is 16.3. The fourth-order valence-corrected chi connectivity index (χ4v) is 5.84. The summed E-state index contributed by atoms with van der Waals surface area (Å²) in [7, 11) is 0. The molecule has 3 rings (SSSR count). The summed E-state index contributed by atoms with van der Waals surface area (Å²) in [6.07, 6.45) is 4.75. The molecule has 0 bridgehead atoms. The molecule has 2 aromatic heterocycles. The normalized spacial score (nSPS) is 21.8. The number of nitrogens with zero attached hydrogens (tertiary/aromatic N) is 1. The third-order valence-electron chi connectivity index (χ3n) is 2.81. The van der Waals surface area contributed by atoms with Crippen molar-refractivity contribution in [1.82, 2.24) is 9.97 Å². The second-order valence-electron chi connectivity index (χ2n) is 4.20. The van der Waals surface area contributed by atoms with Crippen molar-refractivity contribution in [1.29, 1.82) is 0 Å². The Morgan fingerprint density at radius 2 is 2.35 bits per heavy atom. The van der Waals surface area contributed by atoms with Crippen molar-refractivity contribution in [3.05, 3.63) is 30.1 Å². The summed E-state index contributed by atoms with van der Waals surface area (Å²) in [4.78, 5) is 7.19. The van der Waals surface area contributed by atoms with E-state index in [1.807, 2.05) is 41.9 Å². The van der Waals surface area contributed by atoms with Crippen LogP contribution in [0.1, 0.15) is 12.0 Å². The lowest BCUT2D eigenvalue weighted by Gasteiger charge is -2.02. The van der Waals surface area contributed by atoms with Gasteiger partial charge in [-0.2, -0.15) is 0 Å². The Labute approximate surface area is 137 Å². The first-order valence-corrected chi connectivity index (χ1v) is 9.29. The Bertz CT molecular complexity index is 533. The van der Waals surface area contributed by atoms with Gasteiger partial charge in [-0.15, -0.1) is 46.7 Å². The van der Waals surface area contributed by atoms with E-state index in [4.69, 9.17) is 28.9 Å². The first-order valence-electron chi connectivity index (χ1n) is 6.32. The number of halogens is 2. The van der Waals surface area contributed by atoms with E-state index in [2.05, 4.69) is 9.97 Å². The molecule has 3 nitrogen and oxygen atoms in total. The van der Waals surface area contributed by atoms with Crippen LogP contribution < -0.4 is 5.73 Å². The number of nitrogens with two attached hydrogens (primary N) is 1. The number of nitrogens with one attached hydrogen (secondary N) is 1. The Morgan fingerprint density at radius 3 is 3.00 bits per heavy atom. The monoisotopic (exact) mass is 349 g/mol. The van der Waals surface area contributed by atoms with E-state index in [-0.39, 0.29) is 0 Å². The van der Waals surface area contributed by atoms with Crippen LogP contribution in [0, 0.1) is 0 Å². The van der Waals surface area contributed by atoms with Crippen molar-refractivity contribution in [2.75, 3.05) is 11.6 Å². The average molecular weight is 350 g/mol. The molecule has 2 unspecified atom stereocenters. The van der Waals surface area contributed by atoms with Gasteiger partial charge >= 0.3 is 0 Å². The number of hydrogen-bond acceptors (Lipinski definition) is 4. The number of aromatic nitrogens is 2. The fraction of sp³-hybridized carbons (Fsp3) is 0.462. The van der Waals surface area contributed by atoms with E-state index in [9.17, 15) is 0 Å². The summed E-state index contributed by atoms with van der Waals surface area (Å²) >= 11 is 15.2. The number of aromatic amines is 1. The van der Waals surface area contributed by atoms with Crippen LogP contribution in [0.3, 0.4) is 0 Å². The van der Waals surface area contributed by atoms with Gasteiger partial charge < -0.3 is 10.7 Å². The van der Waals surface area contributed by atoms with Gasteiger partial charge in [0.2, 0.25) is 0 Å². The predicted octanol–water partition coefficient (Wildman–Crippen LogP) is 4.01. The molecule has 2 aromatic rings. The van der Waals surface area contributed by atoms with Crippen molar-refractivity contribution >= 4 is 57.8 Å². The number of pyridine rings is 1. The van der Waals surface area contributed by atoms with Gasteiger partial charge in [-0.05, 0) is 24.1 Å². The van der Waals surface area contributed by atoms with Crippen molar-refractivity contribution in [2.45, 2.75) is 22.3 Å². The maximum Gasteiger partial charge on any atom is 0.137 e. The molecule has 0 saturated carbocycles. The zero-order chi connectivity index (χ0) is 14.4. The summed E-state index contributed by atoms with van der Waals surface area (Å²) in [6, 6.07) is 3.93. The third-order valence-corrected chi connectivity index (χ3v) is 6.77. The van der Waals surface area contributed by atoms with Crippen LogP contribution in [0.4, 0.5) is 0 Å². The second-order valence-corrected chi connectivity index (χ2v) is 8.31. The van der Waals surface area contributed by atoms with Crippen LogP contribution in [-0.2, 0) is 6.54 Å². The van der Waals surface area contributed by atoms with E-state index >= 15 is 0 Å². The van der Waals surface area contributed by atoms with E-state index in [1.165, 1.54) is 0 Å². The molecule has 0 spiro atoms. The quantitative estimate of drug-likeness (QED) is 0.822. The van der Waals surface area contributed by atoms with Crippen LogP contribution in [0.25, 0.3) is 11.0 Å². The lowest BCUT2D eigenvalue weighted by molar-refractivity contribution is 1.07. The molecular formula is C13H17Cl2N3S2. The molecule has 3 heterocycles. The summed E-state index contributed by atoms with van der Waals surface area (Å²) in [6.45, 7) is 0.561. The van der Waals surface area contributed by atoms with Crippen molar-refractivity contribution in [3.8, 4) is 0 Å². The van der Waals surface area contributed by atoms with Gasteiger partial charge in [0.15, 0.2) is 0 Å². The highest BCUT2D eigenvalue weighted by atomic mass is 35.5. The molecular weight excluding hydrogens is 333 g/mol. The fourth-order valence-electron chi connectivity index (χ4n) is 1.85. The molecule has 0 amide bonds. The largest absolute Gasteiger partial charge is 0.346 e. The Morgan fingerprint density at radius 1 is 1.50 bits per heavy atom. The maximum atomic E-state index is 5.84. The lowest BCUT2D eigenvalue weighted by atomic mass is 10.2. The van der Waals surface area contributed by atoms with Crippen molar-refractivity contribution in [3.63, 3.8) is 0 Å². The zero-order valence-electron chi connectivity index (χ0n) is 10.9. The summed E-state index contributed by atoms with van der Waals surface area (Å²) in [5.74, 6) is 1.84. The third kappa shape index (κ3) is 4.46. The molecule has 7 heteroatoms. The van der Waals surface area contributed by atoms with Gasteiger partial charge in [0.25, 0.3) is 0 Å². The molecule has 110 valence electrons. The zero-order valence-corrected chi connectivity index (χ0v) is 14.0. The highest BCUT2D eigenvalue weighted by Gasteiger charge is 2.22. The Kier molecular flexibility index (Phi) is 6.84. The van der Waals surface area contributed by atoms with Crippen LogP contribution in [0.5, 0.6) is 0 Å². The average Bonchev–Trinajstić information content (AvgIpc) is 3.06. The van der Waals surface area contributed by atoms with Crippen LogP contribution in [0.15, 0.2) is 24.5 Å².